The van der Waals surface area contributed by atoms with Crippen molar-refractivity contribution in [1.82, 2.24) is 0 Å². The van der Waals surface area contributed by atoms with Crippen molar-refractivity contribution in [2.24, 2.45) is 11.8 Å². The summed E-state index contributed by atoms with van der Waals surface area (Å²) in [5.41, 5.74) is 9.49. The van der Waals surface area contributed by atoms with Crippen LogP contribution in [0.5, 0.6) is 0 Å². The van der Waals surface area contributed by atoms with E-state index in [4.69, 9.17) is 0 Å². The summed E-state index contributed by atoms with van der Waals surface area (Å²) < 4.78 is 6.20. The van der Waals surface area contributed by atoms with Crippen molar-refractivity contribution in [1.29, 1.82) is 0 Å². The first-order valence-corrected chi connectivity index (χ1v) is 19.0. The molecule has 7 heterocycles. The lowest BCUT2D eigenvalue weighted by molar-refractivity contribution is -0.685. The molecule has 4 saturated heterocycles. The topological polar surface area (TPSA) is 7.76 Å². The van der Waals surface area contributed by atoms with Gasteiger partial charge in [-0.2, -0.15) is 0 Å². The fraction of sp³-hybridized carbons (Fsp3) is 0.600. The number of benzene rings is 2. The molecule has 44 heavy (non-hydrogen) atoms. The molecule has 4 bridgehead atoms. The van der Waals surface area contributed by atoms with Crippen molar-refractivity contribution in [3.8, 4) is 22.5 Å². The van der Waals surface area contributed by atoms with E-state index in [1.165, 1.54) is 88.2 Å². The molecule has 0 N–H and O–H groups in total. The molecule has 4 fully saturated rings. The van der Waals surface area contributed by atoms with E-state index in [0.717, 1.165) is 23.3 Å². The van der Waals surface area contributed by atoms with Crippen LogP contribution in [0.25, 0.3) is 22.5 Å². The summed E-state index contributed by atoms with van der Waals surface area (Å²) in [7, 11) is 0. The Labute approximate surface area is 266 Å². The zero-order valence-corrected chi connectivity index (χ0v) is 27.9. The van der Waals surface area contributed by atoms with Gasteiger partial charge in [0.05, 0.1) is 6.07 Å². The highest BCUT2D eigenvalue weighted by atomic mass is 15.1. The lowest BCUT2D eigenvalue weighted by Crippen LogP contribution is -2.84. The molecule has 0 saturated carbocycles. The predicted octanol–water partition coefficient (Wildman–Crippen LogP) is 9.98. The number of fused-ring (bicyclic) bond motifs is 6. The Morgan fingerprint density at radius 3 is 1.20 bits per heavy atom. The third kappa shape index (κ3) is 3.42. The van der Waals surface area contributed by atoms with Crippen LogP contribution in [0.2, 0.25) is 23.3 Å². The zero-order chi connectivity index (χ0) is 29.8. The summed E-state index contributed by atoms with van der Waals surface area (Å²) >= 11 is 0. The minimum absolute atomic E-state index is 0.643. The van der Waals surface area contributed by atoms with Gasteiger partial charge >= 0.3 is 6.33 Å². The summed E-state index contributed by atoms with van der Waals surface area (Å²) in [6.07, 6.45) is 18.6. The van der Waals surface area contributed by atoms with Crippen molar-refractivity contribution in [2.75, 3.05) is 0 Å². The summed E-state index contributed by atoms with van der Waals surface area (Å²) in [6, 6.07) is 22.2. The first kappa shape index (κ1) is 27.9. The highest BCUT2D eigenvalue weighted by Crippen LogP contribution is 2.63. The van der Waals surface area contributed by atoms with Gasteiger partial charge in [0, 0.05) is 11.1 Å². The molecule has 0 amide bonds. The van der Waals surface area contributed by atoms with Gasteiger partial charge in [-0.1, -0.05) is 199 Å². The molecule has 4 heteroatoms. The van der Waals surface area contributed by atoms with Crippen molar-refractivity contribution >= 4 is 12.6 Å². The lowest BCUT2D eigenvalue weighted by Gasteiger charge is -2.62. The Balaban J connectivity index is 1.42. The maximum Gasteiger partial charge on any atom is 0.300 e. The Morgan fingerprint density at radius 1 is 0.523 bits per heavy atom. The minimum Gasteiger partial charge on any atom is -0.367 e. The molecule has 2 nitrogen and oxygen atoms in total. The van der Waals surface area contributed by atoms with Gasteiger partial charge in [0.25, 0.3) is 12.6 Å². The average Bonchev–Trinajstić information content (AvgIpc) is 3.00. The molecule has 0 radical (unpaired) electrons. The molecule has 2 atom stereocenters. The third-order valence-corrected chi connectivity index (χ3v) is 15.4. The second-order valence-corrected chi connectivity index (χ2v) is 17.4. The molecular weight excluding hydrogens is 530 g/mol. The normalized spacial score (nSPS) is 36.6. The Morgan fingerprint density at radius 2 is 0.864 bits per heavy atom. The van der Waals surface area contributed by atoms with Crippen molar-refractivity contribution in [3.63, 3.8) is 0 Å². The smallest absolute Gasteiger partial charge is 0.300 e. The van der Waals surface area contributed by atoms with E-state index >= 15 is 0 Å². The Bertz CT molecular complexity index is 1450. The van der Waals surface area contributed by atoms with Gasteiger partial charge in [-0.3, -0.25) is 0 Å². The van der Waals surface area contributed by atoms with Gasteiger partial charge in [-0.05, 0) is 12.1 Å². The highest BCUT2D eigenvalue weighted by molar-refractivity contribution is 6.78. The summed E-state index contributed by atoms with van der Waals surface area (Å²) in [4.78, 5) is 0. The first-order valence-electron chi connectivity index (χ1n) is 19.0. The fourth-order valence-corrected chi connectivity index (χ4v) is 14.7. The summed E-state index contributed by atoms with van der Waals surface area (Å²) in [5, 5.41) is 0. The average molecular weight is 585 g/mol. The molecule has 1 aromatic heterocycles. The van der Waals surface area contributed by atoms with E-state index < -0.39 is 12.6 Å². The van der Waals surface area contributed by atoms with Gasteiger partial charge in [-0.15, -0.1) is 0 Å². The van der Waals surface area contributed by atoms with Gasteiger partial charge in [0.2, 0.25) is 0 Å². The van der Waals surface area contributed by atoms with Gasteiger partial charge < -0.3 is 8.96 Å². The first-order chi connectivity index (χ1) is 21.5. The molecule has 2 aromatic carbocycles. The van der Waals surface area contributed by atoms with Crippen LogP contribution in [-0.2, 0) is 0 Å². The number of aromatic nitrogens is 2. The standard InChI is InChI=1S/C40H54B2N2/c1-27(2)39-35-23-7-5-21-33(35)37-25-38-34-22-6-8-24-36(34)40(28(3)4)42(31-17-11-18-32(42)20-12-19-31)44(38)26-43(37)41(39)29-13-9-14-30(41)16-10-15-29/h5-8,21-32,39-40H,9-20H2,1-4H3/t29?,30?,31?,32?,39-,40-,41?,42?/m0/s1. The van der Waals surface area contributed by atoms with Crippen LogP contribution < -0.4 is 8.96 Å². The molecule has 6 aliphatic heterocycles. The van der Waals surface area contributed by atoms with Crippen molar-refractivity contribution in [3.05, 3.63) is 72.1 Å². The summed E-state index contributed by atoms with van der Waals surface area (Å²) in [6.45, 7) is 10.3. The summed E-state index contributed by atoms with van der Waals surface area (Å²) in [5.74, 6) is 5.96. The maximum atomic E-state index is 3.10. The van der Waals surface area contributed by atoms with E-state index in [-0.39, 0.29) is 0 Å². The quantitative estimate of drug-likeness (QED) is 0.265. The number of hydrogen-bond donors (Lipinski definition) is 0. The van der Waals surface area contributed by atoms with Crippen LogP contribution in [0.4, 0.5) is 0 Å². The largest absolute Gasteiger partial charge is 0.367 e. The second-order valence-electron chi connectivity index (χ2n) is 17.4. The van der Waals surface area contributed by atoms with Gasteiger partial charge in [0.15, 0.2) is 11.4 Å². The molecule has 9 rings (SSSR count). The predicted molar refractivity (Wildman–Crippen MR) is 186 cm³/mol. The minimum atomic E-state index is -0.788. The van der Waals surface area contributed by atoms with Crippen LogP contribution in [-0.4, -0.2) is 12.6 Å². The van der Waals surface area contributed by atoms with Crippen LogP contribution in [0.1, 0.15) is 128 Å². The SMILES string of the molecule is CC(C)[C@H]1c2ccccc2-c2cc3[n+](c[n+]2[B-]12C1CCCC2CCC1)[B-]1(C2CCCC1CCC2)[C@@H](C(C)C)c1ccccc1-3. The van der Waals surface area contributed by atoms with E-state index in [1.54, 1.807) is 22.5 Å². The van der Waals surface area contributed by atoms with Gasteiger partial charge in [-0.25, -0.2) is 0 Å². The molecule has 6 aliphatic rings. The molecule has 0 aliphatic carbocycles. The third-order valence-electron chi connectivity index (χ3n) is 15.4. The van der Waals surface area contributed by atoms with E-state index in [0.29, 0.717) is 23.5 Å². The van der Waals surface area contributed by atoms with E-state index in [1.807, 2.05) is 0 Å². The second kappa shape index (κ2) is 10.1. The van der Waals surface area contributed by atoms with Crippen molar-refractivity contribution < 1.29 is 8.96 Å². The lowest BCUT2D eigenvalue weighted by atomic mass is 9.09. The molecule has 3 aromatic rings. The number of hydrogen-bond acceptors (Lipinski definition) is 0. The van der Waals surface area contributed by atoms with Crippen LogP contribution in [0.15, 0.2) is 60.9 Å². The molecule has 2 spiro atoms. The fourth-order valence-electron chi connectivity index (χ4n) is 14.7. The van der Waals surface area contributed by atoms with Crippen LogP contribution in [0, 0.1) is 11.8 Å². The monoisotopic (exact) mass is 584 g/mol. The molecule has 0 unspecified atom stereocenters. The zero-order valence-electron chi connectivity index (χ0n) is 27.9. The highest BCUT2D eigenvalue weighted by Gasteiger charge is 2.66. The molecule has 230 valence electrons. The van der Waals surface area contributed by atoms with E-state index in [2.05, 4.69) is 97.6 Å². The van der Waals surface area contributed by atoms with Gasteiger partial charge in [0.1, 0.15) is 0 Å². The molecular formula is C40H54B2N2. The van der Waals surface area contributed by atoms with E-state index in [9.17, 15) is 0 Å². The van der Waals surface area contributed by atoms with Crippen LogP contribution in [0.3, 0.4) is 0 Å². The number of rotatable bonds is 2. The number of nitrogens with zero attached hydrogens (tertiary/aromatic N) is 2. The Kier molecular flexibility index (Phi) is 6.39. The van der Waals surface area contributed by atoms with Crippen molar-refractivity contribution in [2.45, 2.75) is 140 Å². The maximum absolute atomic E-state index is 3.10. The Hall–Kier alpha value is -2.35. The van der Waals surface area contributed by atoms with Crippen LogP contribution >= 0.6 is 0 Å².